The molecule has 8 heteroatoms. The van der Waals surface area contributed by atoms with Gasteiger partial charge in [0.05, 0.1) is 10.5 Å². The predicted octanol–water partition coefficient (Wildman–Crippen LogP) is 2.84. The monoisotopic (exact) mass is 393 g/mol. The lowest BCUT2D eigenvalue weighted by molar-refractivity contribution is 0.0950. The SMILES string of the molecule is O=C(NCc1ccc(S(=O)(=O)N2CCCCC2)cc1)c1ccc(Cl)nc1. The van der Waals surface area contributed by atoms with Gasteiger partial charge in [0.15, 0.2) is 0 Å². The third kappa shape index (κ3) is 4.41. The van der Waals surface area contributed by atoms with Crippen LogP contribution in [0, 0.1) is 0 Å². The summed E-state index contributed by atoms with van der Waals surface area (Å²) in [5, 5.41) is 3.10. The second-order valence-electron chi connectivity index (χ2n) is 6.16. The molecule has 6 nitrogen and oxygen atoms in total. The summed E-state index contributed by atoms with van der Waals surface area (Å²) in [4.78, 5) is 16.2. The Labute approximate surface area is 158 Å². The van der Waals surface area contributed by atoms with Crippen LogP contribution in [0.5, 0.6) is 0 Å². The summed E-state index contributed by atoms with van der Waals surface area (Å²) in [7, 11) is -3.43. The molecule has 0 bridgehead atoms. The van der Waals surface area contributed by atoms with Gasteiger partial charge in [-0.15, -0.1) is 0 Å². The normalized spacial score (nSPS) is 15.6. The summed E-state index contributed by atoms with van der Waals surface area (Å²) >= 11 is 5.70. The van der Waals surface area contributed by atoms with E-state index in [9.17, 15) is 13.2 Å². The average molecular weight is 394 g/mol. The molecular weight excluding hydrogens is 374 g/mol. The number of nitrogens with zero attached hydrogens (tertiary/aromatic N) is 2. The van der Waals surface area contributed by atoms with Crippen LogP contribution in [0.25, 0.3) is 0 Å². The fourth-order valence-corrected chi connectivity index (χ4v) is 4.46. The first-order valence-corrected chi connectivity index (χ1v) is 10.3. The standard InChI is InChI=1S/C18H20ClN3O3S/c19-17-9-6-15(13-20-17)18(23)21-12-14-4-7-16(8-5-14)26(24,25)22-10-2-1-3-11-22/h4-9,13H,1-3,10-12H2,(H,21,23). The number of pyridine rings is 1. The molecule has 26 heavy (non-hydrogen) atoms. The van der Waals surface area contributed by atoms with Crippen LogP contribution in [-0.4, -0.2) is 36.7 Å². The Bertz CT molecular complexity index is 862. The number of sulfonamides is 1. The van der Waals surface area contributed by atoms with Gasteiger partial charge in [0.2, 0.25) is 10.0 Å². The molecule has 1 aliphatic rings. The molecule has 0 spiro atoms. The van der Waals surface area contributed by atoms with Crippen molar-refractivity contribution in [2.24, 2.45) is 0 Å². The average Bonchev–Trinajstić information content (AvgIpc) is 2.67. The van der Waals surface area contributed by atoms with Gasteiger partial charge in [-0.05, 0) is 42.7 Å². The van der Waals surface area contributed by atoms with Crippen LogP contribution >= 0.6 is 11.6 Å². The van der Waals surface area contributed by atoms with E-state index in [-0.39, 0.29) is 10.8 Å². The van der Waals surface area contributed by atoms with Crippen LogP contribution < -0.4 is 5.32 Å². The number of hydrogen-bond donors (Lipinski definition) is 1. The molecule has 3 rings (SSSR count). The van der Waals surface area contributed by atoms with Crippen LogP contribution in [0.4, 0.5) is 0 Å². The summed E-state index contributed by atoms with van der Waals surface area (Å²) in [5.74, 6) is -0.265. The largest absolute Gasteiger partial charge is 0.348 e. The van der Waals surface area contributed by atoms with Gasteiger partial charge < -0.3 is 5.32 Å². The van der Waals surface area contributed by atoms with E-state index in [1.54, 1.807) is 40.7 Å². The maximum Gasteiger partial charge on any atom is 0.253 e. The summed E-state index contributed by atoms with van der Waals surface area (Å²) in [6.45, 7) is 1.45. The van der Waals surface area contributed by atoms with Crippen molar-refractivity contribution >= 4 is 27.5 Å². The quantitative estimate of drug-likeness (QED) is 0.792. The molecular formula is C18H20ClN3O3S. The zero-order valence-electron chi connectivity index (χ0n) is 14.2. The maximum absolute atomic E-state index is 12.6. The minimum atomic E-state index is -3.43. The predicted molar refractivity (Wildman–Crippen MR) is 99.5 cm³/mol. The highest BCUT2D eigenvalue weighted by Gasteiger charge is 2.25. The Kier molecular flexibility index (Phi) is 5.90. The summed E-state index contributed by atoms with van der Waals surface area (Å²) in [6, 6.07) is 9.77. The van der Waals surface area contributed by atoms with Crippen molar-refractivity contribution in [3.05, 3.63) is 58.9 Å². The number of aromatic nitrogens is 1. The number of halogens is 1. The molecule has 0 unspecified atom stereocenters. The molecule has 2 heterocycles. The highest BCUT2D eigenvalue weighted by atomic mass is 35.5. The number of carbonyl (C=O) groups is 1. The third-order valence-electron chi connectivity index (χ3n) is 4.32. The lowest BCUT2D eigenvalue weighted by Gasteiger charge is -2.25. The molecule has 1 aromatic heterocycles. The summed E-state index contributed by atoms with van der Waals surface area (Å²) in [6.07, 6.45) is 4.30. The molecule has 2 aromatic rings. The zero-order chi connectivity index (χ0) is 18.6. The van der Waals surface area contributed by atoms with Crippen molar-refractivity contribution in [2.75, 3.05) is 13.1 Å². The molecule has 0 radical (unpaired) electrons. The second kappa shape index (κ2) is 8.16. The molecule has 1 N–H and O–H groups in total. The minimum Gasteiger partial charge on any atom is -0.348 e. The van der Waals surface area contributed by atoms with Crippen molar-refractivity contribution < 1.29 is 13.2 Å². The first kappa shape index (κ1) is 18.8. The van der Waals surface area contributed by atoms with E-state index in [1.165, 1.54) is 6.20 Å². The molecule has 0 atom stereocenters. The van der Waals surface area contributed by atoms with Crippen LogP contribution in [0.1, 0.15) is 35.2 Å². The van der Waals surface area contributed by atoms with Gasteiger partial charge >= 0.3 is 0 Å². The molecule has 1 fully saturated rings. The van der Waals surface area contributed by atoms with E-state index in [2.05, 4.69) is 10.3 Å². The second-order valence-corrected chi connectivity index (χ2v) is 8.49. The Morgan fingerprint density at radius 3 is 2.38 bits per heavy atom. The molecule has 0 aliphatic carbocycles. The van der Waals surface area contributed by atoms with Gasteiger partial charge in [-0.2, -0.15) is 4.31 Å². The van der Waals surface area contributed by atoms with Crippen molar-refractivity contribution in [3.8, 4) is 0 Å². The van der Waals surface area contributed by atoms with Crippen molar-refractivity contribution in [2.45, 2.75) is 30.7 Å². The highest BCUT2D eigenvalue weighted by molar-refractivity contribution is 7.89. The Hall–Kier alpha value is -1.96. The lowest BCUT2D eigenvalue weighted by Crippen LogP contribution is -2.35. The molecule has 138 valence electrons. The lowest BCUT2D eigenvalue weighted by atomic mass is 10.2. The third-order valence-corrected chi connectivity index (χ3v) is 6.46. The van der Waals surface area contributed by atoms with Gasteiger partial charge in [-0.25, -0.2) is 13.4 Å². The minimum absolute atomic E-state index is 0.265. The fraction of sp³-hybridized carbons (Fsp3) is 0.333. The molecule has 1 aromatic carbocycles. The van der Waals surface area contributed by atoms with E-state index < -0.39 is 10.0 Å². The molecule has 1 saturated heterocycles. The molecule has 0 saturated carbocycles. The van der Waals surface area contributed by atoms with Gasteiger partial charge in [-0.1, -0.05) is 30.2 Å². The van der Waals surface area contributed by atoms with E-state index in [0.717, 1.165) is 24.8 Å². The molecule has 1 aliphatic heterocycles. The number of nitrogens with one attached hydrogen (secondary N) is 1. The van der Waals surface area contributed by atoms with Crippen LogP contribution in [0.2, 0.25) is 5.15 Å². The highest BCUT2D eigenvalue weighted by Crippen LogP contribution is 2.20. The molecule has 1 amide bonds. The first-order chi connectivity index (χ1) is 12.5. The Morgan fingerprint density at radius 2 is 1.77 bits per heavy atom. The first-order valence-electron chi connectivity index (χ1n) is 8.46. The number of carbonyl (C=O) groups excluding carboxylic acids is 1. The number of piperidine rings is 1. The van der Waals surface area contributed by atoms with E-state index in [4.69, 9.17) is 11.6 Å². The van der Waals surface area contributed by atoms with Crippen LogP contribution in [0.15, 0.2) is 47.5 Å². The summed E-state index contributed by atoms with van der Waals surface area (Å²) in [5.41, 5.74) is 1.23. The Balaban J connectivity index is 1.62. The Morgan fingerprint density at radius 1 is 1.08 bits per heavy atom. The summed E-state index contributed by atoms with van der Waals surface area (Å²) < 4.78 is 26.8. The number of amides is 1. The van der Waals surface area contributed by atoms with E-state index in [1.807, 2.05) is 0 Å². The van der Waals surface area contributed by atoms with Gasteiger partial charge in [0.25, 0.3) is 5.91 Å². The van der Waals surface area contributed by atoms with Crippen molar-refractivity contribution in [3.63, 3.8) is 0 Å². The number of rotatable bonds is 5. The van der Waals surface area contributed by atoms with Gasteiger partial charge in [0, 0.05) is 25.8 Å². The van der Waals surface area contributed by atoms with Gasteiger partial charge in [0.1, 0.15) is 5.15 Å². The van der Waals surface area contributed by atoms with E-state index >= 15 is 0 Å². The van der Waals surface area contributed by atoms with Crippen molar-refractivity contribution in [1.82, 2.24) is 14.6 Å². The maximum atomic E-state index is 12.6. The van der Waals surface area contributed by atoms with E-state index in [0.29, 0.717) is 30.4 Å². The van der Waals surface area contributed by atoms with Gasteiger partial charge in [-0.3, -0.25) is 4.79 Å². The number of benzene rings is 1. The zero-order valence-corrected chi connectivity index (χ0v) is 15.8. The smallest absolute Gasteiger partial charge is 0.253 e. The van der Waals surface area contributed by atoms with Crippen LogP contribution in [0.3, 0.4) is 0 Å². The van der Waals surface area contributed by atoms with Crippen LogP contribution in [-0.2, 0) is 16.6 Å². The number of hydrogen-bond acceptors (Lipinski definition) is 4. The fourth-order valence-electron chi connectivity index (χ4n) is 2.83. The van der Waals surface area contributed by atoms with Crippen molar-refractivity contribution in [1.29, 1.82) is 0 Å². The topological polar surface area (TPSA) is 79.4 Å².